The molecule has 1 aromatic carbocycles. The van der Waals surface area contributed by atoms with Crippen molar-refractivity contribution in [3.8, 4) is 0 Å². The van der Waals surface area contributed by atoms with Crippen molar-refractivity contribution in [2.45, 2.75) is 48.8 Å². The Hall–Kier alpha value is -1.00. The van der Waals surface area contributed by atoms with Gasteiger partial charge in [0.1, 0.15) is 5.54 Å². The first-order valence-electron chi connectivity index (χ1n) is 6.73. The first kappa shape index (κ1) is 14.4. The number of rotatable bonds is 4. The van der Waals surface area contributed by atoms with E-state index in [1.165, 1.54) is 10.5 Å². The van der Waals surface area contributed by atoms with E-state index in [0.717, 1.165) is 12.8 Å². The smallest absolute Gasteiger partial charge is 0.326 e. The average Bonchev–Trinajstić information content (AvgIpc) is 2.76. The topological polar surface area (TPSA) is 52.3 Å². The Morgan fingerprint density at radius 1 is 1.47 bits per heavy atom. The molecule has 1 aliphatic carbocycles. The Bertz CT molecular complexity index is 446. The molecule has 2 atom stereocenters. The van der Waals surface area contributed by atoms with Crippen molar-refractivity contribution in [2.75, 3.05) is 6.61 Å². The summed E-state index contributed by atoms with van der Waals surface area (Å²) in [7, 11) is 0. The molecule has 0 saturated heterocycles. The number of hydrogen-bond donors (Lipinski definition) is 1. The van der Waals surface area contributed by atoms with E-state index in [0.29, 0.717) is 18.3 Å². The molecule has 0 aromatic heterocycles. The van der Waals surface area contributed by atoms with Crippen LogP contribution >= 0.6 is 11.8 Å². The highest BCUT2D eigenvalue weighted by atomic mass is 32.2. The Morgan fingerprint density at radius 2 is 2.16 bits per heavy atom. The van der Waals surface area contributed by atoms with Gasteiger partial charge in [0, 0.05) is 10.1 Å². The second kappa shape index (κ2) is 5.97. The molecule has 19 heavy (non-hydrogen) atoms. The van der Waals surface area contributed by atoms with Crippen LogP contribution < -0.4 is 5.73 Å². The summed E-state index contributed by atoms with van der Waals surface area (Å²) in [4.78, 5) is 13.1. The van der Waals surface area contributed by atoms with Crippen LogP contribution in [-0.2, 0) is 9.53 Å². The molecule has 0 aliphatic heterocycles. The summed E-state index contributed by atoms with van der Waals surface area (Å²) in [6.45, 7) is 4.29. The number of ether oxygens (including phenoxy) is 1. The van der Waals surface area contributed by atoms with Crippen LogP contribution in [0.2, 0.25) is 0 Å². The standard InChI is InChI=1S/C15H21NO2S/c1-3-18-14(17)15(16)9-8-13(10-15)19-12-6-4-11(2)5-7-12/h4-7,13H,3,8-10,16H2,1-2H3. The lowest BCUT2D eigenvalue weighted by Crippen LogP contribution is -2.47. The molecule has 0 bridgehead atoms. The molecule has 0 radical (unpaired) electrons. The first-order chi connectivity index (χ1) is 9.03. The zero-order valence-electron chi connectivity index (χ0n) is 11.5. The van der Waals surface area contributed by atoms with Gasteiger partial charge < -0.3 is 10.5 Å². The Labute approximate surface area is 118 Å². The van der Waals surface area contributed by atoms with Gasteiger partial charge in [0.25, 0.3) is 0 Å². The van der Waals surface area contributed by atoms with Crippen molar-refractivity contribution < 1.29 is 9.53 Å². The van der Waals surface area contributed by atoms with E-state index >= 15 is 0 Å². The summed E-state index contributed by atoms with van der Waals surface area (Å²) in [5, 5.41) is 0.400. The van der Waals surface area contributed by atoms with Crippen LogP contribution in [0.15, 0.2) is 29.2 Å². The van der Waals surface area contributed by atoms with Crippen LogP contribution in [0.1, 0.15) is 31.7 Å². The summed E-state index contributed by atoms with van der Waals surface area (Å²) < 4.78 is 5.07. The average molecular weight is 279 g/mol. The lowest BCUT2D eigenvalue weighted by atomic mass is 10.00. The molecule has 1 saturated carbocycles. The van der Waals surface area contributed by atoms with Crippen LogP contribution in [0.3, 0.4) is 0 Å². The fourth-order valence-corrected chi connectivity index (χ4v) is 3.69. The minimum absolute atomic E-state index is 0.248. The summed E-state index contributed by atoms with van der Waals surface area (Å²) >= 11 is 1.81. The monoisotopic (exact) mass is 279 g/mol. The fourth-order valence-electron chi connectivity index (χ4n) is 2.40. The van der Waals surface area contributed by atoms with Gasteiger partial charge in [0.2, 0.25) is 0 Å². The van der Waals surface area contributed by atoms with E-state index < -0.39 is 5.54 Å². The van der Waals surface area contributed by atoms with Gasteiger partial charge in [-0.25, -0.2) is 0 Å². The molecule has 1 fully saturated rings. The highest BCUT2D eigenvalue weighted by molar-refractivity contribution is 8.00. The predicted molar refractivity (Wildman–Crippen MR) is 78.2 cm³/mol. The van der Waals surface area contributed by atoms with Gasteiger partial charge in [-0.3, -0.25) is 4.79 Å². The van der Waals surface area contributed by atoms with E-state index in [9.17, 15) is 4.79 Å². The quantitative estimate of drug-likeness (QED) is 0.861. The van der Waals surface area contributed by atoms with Gasteiger partial charge in [0.15, 0.2) is 0 Å². The number of aryl methyl sites for hydroxylation is 1. The number of nitrogens with two attached hydrogens (primary N) is 1. The van der Waals surface area contributed by atoms with Crippen molar-refractivity contribution >= 4 is 17.7 Å². The van der Waals surface area contributed by atoms with Gasteiger partial charge in [0.05, 0.1) is 6.61 Å². The van der Waals surface area contributed by atoms with Crippen molar-refractivity contribution in [1.29, 1.82) is 0 Å². The summed E-state index contributed by atoms with van der Waals surface area (Å²) in [5.41, 5.74) is 6.65. The zero-order chi connectivity index (χ0) is 13.9. The van der Waals surface area contributed by atoms with Crippen LogP contribution in [0, 0.1) is 6.92 Å². The maximum Gasteiger partial charge on any atom is 0.326 e. The third-order valence-corrected chi connectivity index (χ3v) is 4.79. The third-order valence-electron chi connectivity index (χ3n) is 3.51. The normalized spacial score (nSPS) is 26.4. The maximum absolute atomic E-state index is 11.9. The molecule has 0 amide bonds. The maximum atomic E-state index is 11.9. The molecule has 2 unspecified atom stereocenters. The number of hydrogen-bond acceptors (Lipinski definition) is 4. The molecule has 3 nitrogen and oxygen atoms in total. The minimum atomic E-state index is -0.779. The second-order valence-electron chi connectivity index (χ2n) is 5.17. The SMILES string of the molecule is CCOC(=O)C1(N)CCC(Sc2ccc(C)cc2)C1. The van der Waals surface area contributed by atoms with Crippen molar-refractivity contribution in [1.82, 2.24) is 0 Å². The number of esters is 1. The van der Waals surface area contributed by atoms with Crippen LogP contribution in [-0.4, -0.2) is 23.4 Å². The summed E-state index contributed by atoms with van der Waals surface area (Å²) in [5.74, 6) is -0.248. The van der Waals surface area contributed by atoms with Crippen molar-refractivity contribution in [3.63, 3.8) is 0 Å². The molecular formula is C15H21NO2S. The number of carbonyl (C=O) groups is 1. The lowest BCUT2D eigenvalue weighted by molar-refractivity contribution is -0.149. The molecule has 0 spiro atoms. The molecule has 2 N–H and O–H groups in total. The van der Waals surface area contributed by atoms with E-state index in [1.807, 2.05) is 18.7 Å². The fraction of sp³-hybridized carbons (Fsp3) is 0.533. The Morgan fingerprint density at radius 3 is 2.79 bits per heavy atom. The highest BCUT2D eigenvalue weighted by Crippen LogP contribution is 2.39. The Kier molecular flexibility index (Phi) is 4.53. The summed E-state index contributed by atoms with van der Waals surface area (Å²) in [6.07, 6.45) is 2.38. The van der Waals surface area contributed by atoms with Gasteiger partial charge in [-0.05, 0) is 45.2 Å². The second-order valence-corrected chi connectivity index (χ2v) is 6.55. The molecule has 1 aromatic rings. The summed E-state index contributed by atoms with van der Waals surface area (Å²) in [6, 6.07) is 8.47. The van der Waals surface area contributed by atoms with Crippen LogP contribution in [0.4, 0.5) is 0 Å². The number of carbonyl (C=O) groups excluding carboxylic acids is 1. The van der Waals surface area contributed by atoms with E-state index in [4.69, 9.17) is 10.5 Å². The molecule has 2 rings (SSSR count). The van der Waals surface area contributed by atoms with Gasteiger partial charge in [-0.1, -0.05) is 17.7 Å². The van der Waals surface area contributed by atoms with Gasteiger partial charge in [-0.15, -0.1) is 11.8 Å². The van der Waals surface area contributed by atoms with Gasteiger partial charge >= 0.3 is 5.97 Å². The Balaban J connectivity index is 1.94. The van der Waals surface area contributed by atoms with Crippen molar-refractivity contribution in [3.05, 3.63) is 29.8 Å². The van der Waals surface area contributed by atoms with Crippen LogP contribution in [0.5, 0.6) is 0 Å². The van der Waals surface area contributed by atoms with Gasteiger partial charge in [-0.2, -0.15) is 0 Å². The first-order valence-corrected chi connectivity index (χ1v) is 7.61. The number of benzene rings is 1. The zero-order valence-corrected chi connectivity index (χ0v) is 12.3. The predicted octanol–water partition coefficient (Wildman–Crippen LogP) is 2.90. The minimum Gasteiger partial charge on any atom is -0.465 e. The number of thioether (sulfide) groups is 1. The van der Waals surface area contributed by atoms with Crippen molar-refractivity contribution in [2.24, 2.45) is 5.73 Å². The van der Waals surface area contributed by atoms with E-state index in [-0.39, 0.29) is 5.97 Å². The molecule has 104 valence electrons. The largest absolute Gasteiger partial charge is 0.465 e. The third kappa shape index (κ3) is 3.51. The van der Waals surface area contributed by atoms with E-state index in [2.05, 4.69) is 31.2 Å². The molecule has 1 aliphatic rings. The molecule has 4 heteroatoms. The lowest BCUT2D eigenvalue weighted by Gasteiger charge is -2.21. The van der Waals surface area contributed by atoms with E-state index in [1.54, 1.807) is 0 Å². The highest BCUT2D eigenvalue weighted by Gasteiger charge is 2.43. The molecular weight excluding hydrogens is 258 g/mol. The molecule has 0 heterocycles. The van der Waals surface area contributed by atoms with Crippen LogP contribution in [0.25, 0.3) is 0 Å².